The Kier molecular flexibility index (Phi) is 5.97. The second-order valence-corrected chi connectivity index (χ2v) is 6.66. The number of nitrogens with one attached hydrogen (secondary N) is 1. The lowest BCUT2D eigenvalue weighted by Crippen LogP contribution is -2.36. The minimum atomic E-state index is 0.734. The Morgan fingerprint density at radius 2 is 1.83 bits per heavy atom. The standard InChI is InChI=1S/C16H32N2/c1-14(13-15-9-10-15)17-11-6-12-18(2)16-7-4-3-5-8-16/h14-17H,3-13H2,1-2H3. The molecule has 2 aliphatic rings. The van der Waals surface area contributed by atoms with Gasteiger partial charge in [-0.1, -0.05) is 32.1 Å². The highest BCUT2D eigenvalue weighted by atomic mass is 15.1. The summed E-state index contributed by atoms with van der Waals surface area (Å²) in [5.74, 6) is 1.05. The van der Waals surface area contributed by atoms with Crippen LogP contribution in [0.4, 0.5) is 0 Å². The van der Waals surface area contributed by atoms with Gasteiger partial charge in [0, 0.05) is 12.1 Å². The number of rotatable bonds is 8. The molecule has 2 nitrogen and oxygen atoms in total. The van der Waals surface area contributed by atoms with E-state index in [2.05, 4.69) is 24.2 Å². The molecule has 2 saturated carbocycles. The van der Waals surface area contributed by atoms with Gasteiger partial charge in [-0.3, -0.25) is 0 Å². The fourth-order valence-corrected chi connectivity index (χ4v) is 3.32. The second kappa shape index (κ2) is 7.49. The molecule has 0 aromatic rings. The highest BCUT2D eigenvalue weighted by Gasteiger charge is 2.23. The van der Waals surface area contributed by atoms with E-state index in [1.807, 2.05) is 0 Å². The van der Waals surface area contributed by atoms with Crippen LogP contribution in [-0.4, -0.2) is 37.1 Å². The highest BCUT2D eigenvalue weighted by Crippen LogP contribution is 2.33. The molecule has 0 amide bonds. The number of hydrogen-bond donors (Lipinski definition) is 1. The topological polar surface area (TPSA) is 15.3 Å². The van der Waals surface area contributed by atoms with Crippen molar-refractivity contribution in [2.75, 3.05) is 20.1 Å². The molecule has 18 heavy (non-hydrogen) atoms. The molecule has 0 saturated heterocycles. The van der Waals surface area contributed by atoms with Gasteiger partial charge in [0.1, 0.15) is 0 Å². The van der Waals surface area contributed by atoms with Crippen LogP contribution in [0.1, 0.15) is 64.7 Å². The van der Waals surface area contributed by atoms with Crippen LogP contribution in [0.15, 0.2) is 0 Å². The molecule has 1 unspecified atom stereocenters. The van der Waals surface area contributed by atoms with Crippen LogP contribution in [0.3, 0.4) is 0 Å². The second-order valence-electron chi connectivity index (χ2n) is 6.66. The molecule has 2 aliphatic carbocycles. The smallest absolute Gasteiger partial charge is 0.00922 e. The lowest BCUT2D eigenvalue weighted by Gasteiger charge is -2.31. The maximum Gasteiger partial charge on any atom is 0.00922 e. The third-order valence-corrected chi connectivity index (χ3v) is 4.76. The third-order valence-electron chi connectivity index (χ3n) is 4.76. The van der Waals surface area contributed by atoms with Gasteiger partial charge in [-0.15, -0.1) is 0 Å². The fourth-order valence-electron chi connectivity index (χ4n) is 3.32. The van der Waals surface area contributed by atoms with Gasteiger partial charge in [0.25, 0.3) is 0 Å². The summed E-state index contributed by atoms with van der Waals surface area (Å²) < 4.78 is 0. The predicted octanol–water partition coefficient (Wildman–Crippen LogP) is 3.42. The zero-order chi connectivity index (χ0) is 12.8. The van der Waals surface area contributed by atoms with Crippen LogP contribution >= 0.6 is 0 Å². The van der Waals surface area contributed by atoms with Gasteiger partial charge in [0.15, 0.2) is 0 Å². The van der Waals surface area contributed by atoms with Crippen molar-refractivity contribution in [1.29, 1.82) is 0 Å². The van der Waals surface area contributed by atoms with Crippen molar-refractivity contribution in [1.82, 2.24) is 10.2 Å². The Bertz CT molecular complexity index is 219. The summed E-state index contributed by atoms with van der Waals surface area (Å²) in [4.78, 5) is 2.60. The number of nitrogens with zero attached hydrogens (tertiary/aromatic N) is 1. The Morgan fingerprint density at radius 3 is 2.50 bits per heavy atom. The Hall–Kier alpha value is -0.0800. The van der Waals surface area contributed by atoms with E-state index < -0.39 is 0 Å². The zero-order valence-corrected chi connectivity index (χ0v) is 12.5. The lowest BCUT2D eigenvalue weighted by atomic mass is 9.94. The summed E-state index contributed by atoms with van der Waals surface area (Å²) in [6, 6.07) is 1.61. The average Bonchev–Trinajstić information content (AvgIpc) is 3.19. The van der Waals surface area contributed by atoms with Crippen LogP contribution in [0.25, 0.3) is 0 Å². The molecule has 0 aromatic carbocycles. The van der Waals surface area contributed by atoms with E-state index in [1.165, 1.54) is 70.9 Å². The van der Waals surface area contributed by atoms with Crippen LogP contribution in [0, 0.1) is 5.92 Å². The van der Waals surface area contributed by atoms with Crippen molar-refractivity contribution in [3.63, 3.8) is 0 Å². The quantitative estimate of drug-likeness (QED) is 0.666. The van der Waals surface area contributed by atoms with E-state index in [0.29, 0.717) is 0 Å². The maximum atomic E-state index is 3.69. The first kappa shape index (κ1) is 14.3. The minimum absolute atomic E-state index is 0.734. The summed E-state index contributed by atoms with van der Waals surface area (Å²) in [5, 5.41) is 3.69. The molecule has 0 aliphatic heterocycles. The van der Waals surface area contributed by atoms with Crippen molar-refractivity contribution in [2.24, 2.45) is 5.92 Å². The Morgan fingerprint density at radius 1 is 1.11 bits per heavy atom. The average molecular weight is 252 g/mol. The minimum Gasteiger partial charge on any atom is -0.314 e. The molecular formula is C16H32N2. The molecule has 2 rings (SSSR count). The molecular weight excluding hydrogens is 220 g/mol. The predicted molar refractivity (Wildman–Crippen MR) is 78.9 cm³/mol. The first-order valence-electron chi connectivity index (χ1n) is 8.19. The van der Waals surface area contributed by atoms with Crippen LogP contribution < -0.4 is 5.32 Å². The van der Waals surface area contributed by atoms with E-state index in [-0.39, 0.29) is 0 Å². The largest absolute Gasteiger partial charge is 0.314 e. The summed E-state index contributed by atoms with van der Waals surface area (Å²) in [5.41, 5.74) is 0. The first-order chi connectivity index (χ1) is 8.75. The van der Waals surface area contributed by atoms with Crippen molar-refractivity contribution < 1.29 is 0 Å². The van der Waals surface area contributed by atoms with Crippen molar-refractivity contribution in [3.8, 4) is 0 Å². The van der Waals surface area contributed by atoms with Gasteiger partial charge in [0.2, 0.25) is 0 Å². The van der Waals surface area contributed by atoms with Gasteiger partial charge >= 0.3 is 0 Å². The lowest BCUT2D eigenvalue weighted by molar-refractivity contribution is 0.189. The molecule has 0 heterocycles. The maximum absolute atomic E-state index is 3.69. The first-order valence-corrected chi connectivity index (χ1v) is 8.19. The number of hydrogen-bond acceptors (Lipinski definition) is 2. The zero-order valence-electron chi connectivity index (χ0n) is 12.5. The normalized spacial score (nSPS) is 23.5. The third kappa shape index (κ3) is 5.27. The Balaban J connectivity index is 1.48. The summed E-state index contributed by atoms with van der Waals surface area (Å²) in [7, 11) is 2.32. The highest BCUT2D eigenvalue weighted by molar-refractivity contribution is 4.78. The fraction of sp³-hybridized carbons (Fsp3) is 1.00. The van der Waals surface area contributed by atoms with E-state index in [9.17, 15) is 0 Å². The van der Waals surface area contributed by atoms with Crippen molar-refractivity contribution in [3.05, 3.63) is 0 Å². The van der Waals surface area contributed by atoms with Gasteiger partial charge < -0.3 is 10.2 Å². The molecule has 2 fully saturated rings. The van der Waals surface area contributed by atoms with E-state index in [1.54, 1.807) is 0 Å². The van der Waals surface area contributed by atoms with Gasteiger partial charge in [-0.2, -0.15) is 0 Å². The molecule has 1 N–H and O–H groups in total. The van der Waals surface area contributed by atoms with Crippen molar-refractivity contribution >= 4 is 0 Å². The van der Waals surface area contributed by atoms with Crippen molar-refractivity contribution in [2.45, 2.75) is 76.8 Å². The molecule has 1 atom stereocenters. The van der Waals surface area contributed by atoms with Crippen LogP contribution in [-0.2, 0) is 0 Å². The summed E-state index contributed by atoms with van der Waals surface area (Å²) in [6.45, 7) is 4.82. The molecule has 2 heteroatoms. The molecule has 0 bridgehead atoms. The van der Waals surface area contributed by atoms with E-state index in [4.69, 9.17) is 0 Å². The molecule has 0 spiro atoms. The van der Waals surface area contributed by atoms with Gasteiger partial charge in [-0.25, -0.2) is 0 Å². The van der Waals surface area contributed by atoms with E-state index >= 15 is 0 Å². The van der Waals surface area contributed by atoms with Gasteiger partial charge in [0.05, 0.1) is 0 Å². The summed E-state index contributed by atoms with van der Waals surface area (Å²) in [6.07, 6.45) is 12.9. The van der Waals surface area contributed by atoms with E-state index in [0.717, 1.165) is 18.0 Å². The monoisotopic (exact) mass is 252 g/mol. The van der Waals surface area contributed by atoms with Crippen LogP contribution in [0.2, 0.25) is 0 Å². The van der Waals surface area contributed by atoms with Gasteiger partial charge in [-0.05, 0) is 58.7 Å². The Labute approximate surface area is 114 Å². The SMILES string of the molecule is CC(CC1CC1)NCCCN(C)C1CCCCC1. The molecule has 0 aromatic heterocycles. The summed E-state index contributed by atoms with van der Waals surface area (Å²) >= 11 is 0. The molecule has 0 radical (unpaired) electrons. The van der Waals surface area contributed by atoms with Crippen LogP contribution in [0.5, 0.6) is 0 Å². The molecule has 106 valence electrons.